The van der Waals surface area contributed by atoms with E-state index in [1.807, 2.05) is 20.1 Å². The number of carbonyl (C=O) groups is 12. The molecule has 0 bridgehead atoms. The van der Waals surface area contributed by atoms with Gasteiger partial charge in [-0.2, -0.15) is 11.8 Å². The van der Waals surface area contributed by atoms with Crippen LogP contribution in [0, 0.1) is 53.3 Å². The number of thioether (sulfide) groups is 1. The second kappa shape index (κ2) is 59.1. The second-order valence-corrected chi connectivity index (χ2v) is 35.5. The van der Waals surface area contributed by atoms with Crippen LogP contribution >= 0.6 is 11.8 Å². The molecule has 2 saturated carbocycles. The molecule has 9 rings (SSSR count). The molecular formula is C94H137N23O18S. The zero-order chi connectivity index (χ0) is 99.8. The van der Waals surface area contributed by atoms with Crippen molar-refractivity contribution in [3.8, 4) is 17.2 Å². The van der Waals surface area contributed by atoms with Crippen LogP contribution in [0.3, 0.4) is 0 Å². The van der Waals surface area contributed by atoms with E-state index in [0.717, 1.165) is 31.4 Å². The number of Topliss-reactive ketones (excluding diaryl/α,β-unsaturated/α-hetero) is 3. The van der Waals surface area contributed by atoms with Crippen molar-refractivity contribution >= 4 is 100 Å². The van der Waals surface area contributed by atoms with E-state index in [1.54, 1.807) is 57.4 Å². The van der Waals surface area contributed by atoms with E-state index in [0.29, 0.717) is 116 Å². The van der Waals surface area contributed by atoms with Crippen LogP contribution in [0.2, 0.25) is 0 Å². The number of carboxylic acid groups (broad SMARTS) is 3. The van der Waals surface area contributed by atoms with Gasteiger partial charge in [0, 0.05) is 110 Å². The van der Waals surface area contributed by atoms with Crippen molar-refractivity contribution in [1.82, 2.24) is 71.8 Å². The predicted molar refractivity (Wildman–Crippen MR) is 501 cm³/mol. The number of hydrogen-bond donors (Lipinski definition) is 22. The molecule has 4 heterocycles. The first-order valence-corrected chi connectivity index (χ1v) is 47.5. The van der Waals surface area contributed by atoms with Crippen LogP contribution in [0.5, 0.6) is 17.2 Å². The minimum Gasteiger partial charge on any atom is -0.548 e. The average Bonchev–Trinajstić information content (AvgIpc) is 1.66. The van der Waals surface area contributed by atoms with Gasteiger partial charge >= 0.3 is 17.9 Å². The highest BCUT2D eigenvalue weighted by atomic mass is 32.2. The third kappa shape index (κ3) is 40.6. The Morgan fingerprint density at radius 3 is 1.08 bits per heavy atom. The van der Waals surface area contributed by atoms with Crippen LogP contribution in [-0.2, 0) is 102 Å². The number of benzene rings is 3. The molecule has 6 amide bonds. The number of carbonyl (C=O) groups excluding carboxylic acids is 12. The predicted octanol–water partition coefficient (Wildman–Crippen LogP) is -4.75. The third-order valence-corrected chi connectivity index (χ3v) is 24.5. The van der Waals surface area contributed by atoms with Gasteiger partial charge in [0.05, 0.1) is 117 Å². The summed E-state index contributed by atoms with van der Waals surface area (Å²) >= 11 is 1.44. The van der Waals surface area contributed by atoms with Gasteiger partial charge in [-0.3, -0.25) is 92.5 Å². The number of phenols is 3. The second-order valence-electron chi connectivity index (χ2n) is 34.5. The fourth-order valence-corrected chi connectivity index (χ4v) is 16.8. The molecule has 0 aliphatic heterocycles. The normalized spacial score (nSPS) is 16.2. The molecule has 2 aliphatic rings. The SMILES string of the molecule is CC.CC(CCC[NH+]=C(N)N)C(=O)NC(Cc1ccc(O)cc1)C(=O)CC(Cc1cnc[nH]1)C(=O)NC(CC1CCC2CCCCC21)C(=O)[O-].CC(Cc1cnc[nH]1)C(=O)NC(Cc1ccc(O)cc1)C(=O)CC(Cc1cnc[nH]1)C(=O)NC(Cc1ccc(O)cc1)C(=O)[O-].CSCCC(NC(=O)C(CC(=O)C(CCC[NH+]=C(N)N)NC(=O)C(C)CCC[NH+]=C(N)N)Cc1cnc[nH]1)C(=O)[O-]. The van der Waals surface area contributed by atoms with Gasteiger partial charge in [0.25, 0.3) is 0 Å². The summed E-state index contributed by atoms with van der Waals surface area (Å²) in [7, 11) is 0. The summed E-state index contributed by atoms with van der Waals surface area (Å²) in [5.74, 6) is -10.3. The Bertz CT molecular complexity index is 4940. The maximum atomic E-state index is 14.0. The number of ketones is 3. The van der Waals surface area contributed by atoms with Crippen LogP contribution in [0.1, 0.15) is 183 Å². The first-order chi connectivity index (χ1) is 65.0. The van der Waals surface area contributed by atoms with E-state index in [4.69, 9.17) is 34.4 Å². The number of nitrogens with zero attached hydrogens (tertiary/aromatic N) is 4. The number of amides is 6. The molecule has 0 radical (unpaired) electrons. The van der Waals surface area contributed by atoms with E-state index in [2.05, 4.69) is 86.7 Å². The number of fused-ring (bicyclic) bond motifs is 1. The quantitative estimate of drug-likeness (QED) is 0.00967. The molecule has 41 nitrogen and oxygen atoms in total. The summed E-state index contributed by atoms with van der Waals surface area (Å²) < 4.78 is 0. The molecule has 3 aromatic carbocycles. The largest absolute Gasteiger partial charge is 0.548 e. The number of imidazole rings is 4. The number of guanidine groups is 3. The minimum absolute atomic E-state index is 0.00979. The van der Waals surface area contributed by atoms with Crippen LogP contribution in [0.15, 0.2) is 123 Å². The highest BCUT2D eigenvalue weighted by Gasteiger charge is 2.41. The van der Waals surface area contributed by atoms with Gasteiger partial charge in [-0.15, -0.1) is 0 Å². The summed E-state index contributed by atoms with van der Waals surface area (Å²) in [6.07, 6.45) is 24.0. The lowest BCUT2D eigenvalue weighted by Gasteiger charge is -2.32. The van der Waals surface area contributed by atoms with E-state index in [9.17, 15) is 88.2 Å². The first-order valence-electron chi connectivity index (χ1n) is 46.1. The number of aromatic amines is 4. The number of rotatable bonds is 55. The van der Waals surface area contributed by atoms with E-state index >= 15 is 0 Å². The van der Waals surface area contributed by atoms with Gasteiger partial charge in [0.15, 0.2) is 17.3 Å². The number of aromatic hydroxyl groups is 3. The Labute approximate surface area is 795 Å². The zero-order valence-electron chi connectivity index (χ0n) is 78.1. The van der Waals surface area contributed by atoms with Crippen molar-refractivity contribution in [1.29, 1.82) is 0 Å². The molecular weight excluding hydrogens is 1770 g/mol. The summed E-state index contributed by atoms with van der Waals surface area (Å²) in [4.78, 5) is 193. The summed E-state index contributed by atoms with van der Waals surface area (Å²) in [6.45, 7) is 10.6. The number of H-pyrrole nitrogens is 4. The van der Waals surface area contributed by atoms with Gasteiger partial charge in [-0.05, 0) is 173 Å². The molecule has 15 atom stereocenters. The first kappa shape index (κ1) is 111. The number of carboxylic acids is 3. The van der Waals surface area contributed by atoms with Gasteiger partial charge in [0.2, 0.25) is 35.4 Å². The molecule has 2 fully saturated rings. The molecule has 2 aliphatic carbocycles. The van der Waals surface area contributed by atoms with E-state index in [-0.39, 0.29) is 141 Å². The Hall–Kier alpha value is -13.7. The van der Waals surface area contributed by atoms with Crippen LogP contribution in [0.25, 0.3) is 0 Å². The van der Waals surface area contributed by atoms with Crippen LogP contribution in [0.4, 0.5) is 0 Å². The molecule has 136 heavy (non-hydrogen) atoms. The molecule has 15 unspecified atom stereocenters. The molecule has 7 aromatic rings. The van der Waals surface area contributed by atoms with E-state index < -0.39 is 113 Å². The summed E-state index contributed by atoms with van der Waals surface area (Å²) in [6, 6.07) is 11.8. The van der Waals surface area contributed by atoms with Crippen molar-refractivity contribution < 1.29 is 103 Å². The van der Waals surface area contributed by atoms with Crippen molar-refractivity contribution in [3.05, 3.63) is 162 Å². The minimum atomic E-state index is -1.51. The van der Waals surface area contributed by atoms with E-state index in [1.165, 1.54) is 111 Å². The average molecular weight is 1910 g/mol. The Morgan fingerprint density at radius 2 is 0.721 bits per heavy atom. The van der Waals surface area contributed by atoms with Crippen molar-refractivity contribution in [2.24, 2.45) is 87.7 Å². The number of aliphatic carboxylic acids is 3. The lowest BCUT2D eigenvalue weighted by atomic mass is 9.76. The summed E-state index contributed by atoms with van der Waals surface area (Å²) in [5.41, 5.74) is 37.0. The number of hydrogen-bond acceptors (Lipinski definition) is 23. The Balaban J connectivity index is 0.000000311. The third-order valence-electron chi connectivity index (χ3n) is 23.9. The highest BCUT2D eigenvalue weighted by molar-refractivity contribution is 7.98. The Morgan fingerprint density at radius 1 is 0.397 bits per heavy atom. The maximum absolute atomic E-state index is 14.0. The lowest BCUT2D eigenvalue weighted by Crippen LogP contribution is -2.78. The molecule has 0 saturated heterocycles. The van der Waals surface area contributed by atoms with Crippen LogP contribution < -0.4 is 96.6 Å². The number of nitrogens with two attached hydrogens (primary N) is 6. The Kier molecular flexibility index (Phi) is 48.3. The van der Waals surface area contributed by atoms with Crippen molar-refractivity contribution in [3.63, 3.8) is 0 Å². The van der Waals surface area contributed by atoms with Gasteiger partial charge < -0.3 is 96.9 Å². The van der Waals surface area contributed by atoms with Gasteiger partial charge in [-0.1, -0.05) is 90.3 Å². The molecule has 4 aromatic heterocycles. The summed E-state index contributed by atoms with van der Waals surface area (Å²) in [5, 5.41) is 81.2. The monoisotopic (exact) mass is 1910 g/mol. The lowest BCUT2D eigenvalue weighted by molar-refractivity contribution is -0.460. The highest BCUT2D eigenvalue weighted by Crippen LogP contribution is 2.47. The van der Waals surface area contributed by atoms with Crippen molar-refractivity contribution in [2.75, 3.05) is 31.6 Å². The molecule has 0 spiro atoms. The maximum Gasteiger partial charge on any atom is 0.338 e. The number of phenolic OH excluding ortho intramolecular Hbond substituents is 3. The standard InChI is InChI=1S/C35H51N7O6.C32H36N6O7.C25H44N10O5S.C2H6/c1-21(5-4-14-39-35(36)37)32(45)41-29(15-22-8-12-27(43)13-9-22)31(44)18-25(16-26-19-38-20-40-26)33(46)42-30(34(47)48)17-24-11-10-23-6-2-3-7-28(23)24;1-19(10-23-15-33-17-35-23)30(42)37-27(11-20-2-6-25(39)7-3-20)29(41)14-22(13-24-16-34-18-36-24)31(43)38-28(32(44)45)12-21-4-8-26(40)9-5-21;1-15(5-3-8-31-24(26)27)21(37)34-18(6-4-9-32-25(28)29)20(36)12-16(11-17-13-30-14-33-17)22(38)35-19(23(39)40)7-10-41-2;1-2/h8-9,12-13,19-21,23-25,28-30,43H,2-7,10-11,14-18H2,1H3,(H,38,40)(H,41,45)(H,42,46)(H,47,48)(H4,36,37,39);2-9,15-19,22,27-28,39-40H,10-14H2,1H3,(H,33,35)(H,34,36)(H,37,42)(H,38,43)(H,44,45);13-16,18-19H,3-12H2,1-2H3,(H,30,33)(H,34,37)(H,35,38)(H,39,40)(H4,26,27,31)(H4,28,29,32);1-2H3. The zero-order valence-corrected chi connectivity index (χ0v) is 78.9. The van der Waals surface area contributed by atoms with Gasteiger partial charge in [0.1, 0.15) is 17.2 Å². The topological polar surface area (TPSA) is 720 Å². The number of nitrogens with one attached hydrogen (secondary N) is 13. The molecule has 42 heteroatoms. The fraction of sp³-hybridized carbons (Fsp3) is 0.521. The van der Waals surface area contributed by atoms with Crippen molar-refractivity contribution in [2.45, 2.75) is 225 Å². The number of aromatic nitrogens is 8. The molecule has 742 valence electrons. The van der Waals surface area contributed by atoms with Gasteiger partial charge in [-0.25, -0.2) is 19.9 Å². The smallest absolute Gasteiger partial charge is 0.338 e. The van der Waals surface area contributed by atoms with Crippen LogP contribution in [-0.4, -0.2) is 212 Å². The molecule has 28 N–H and O–H groups in total. The fourth-order valence-electron chi connectivity index (χ4n) is 16.4.